The van der Waals surface area contributed by atoms with Crippen LogP contribution in [-0.2, 0) is 4.74 Å². The van der Waals surface area contributed by atoms with Gasteiger partial charge >= 0.3 is 5.76 Å². The molecule has 1 N–H and O–H groups in total. The van der Waals surface area contributed by atoms with E-state index in [-0.39, 0.29) is 6.79 Å². The number of ether oxygens (including phenoxy) is 3. The van der Waals surface area contributed by atoms with E-state index in [0.29, 0.717) is 35.8 Å². The van der Waals surface area contributed by atoms with Crippen molar-refractivity contribution in [2.45, 2.75) is 32.6 Å². The topological polar surface area (TPSA) is 73.7 Å². The molecule has 0 amide bonds. The van der Waals surface area contributed by atoms with Crippen LogP contribution in [0.15, 0.2) is 44.0 Å². The van der Waals surface area contributed by atoms with E-state index in [1.165, 1.54) is 0 Å². The van der Waals surface area contributed by atoms with Crippen LogP contribution in [0.4, 0.5) is 0 Å². The zero-order chi connectivity index (χ0) is 22.4. The Hall–Kier alpha value is -2.29. The van der Waals surface area contributed by atoms with Gasteiger partial charge < -0.3 is 18.6 Å². The van der Waals surface area contributed by atoms with Gasteiger partial charge in [0.25, 0.3) is 0 Å². The Labute approximate surface area is 191 Å². The number of aromatic nitrogens is 1. The molecule has 2 aromatic carbocycles. The number of fused-ring (bicyclic) bond motifs is 1. The number of nitrogens with one attached hydrogen (secondary N) is 1. The lowest BCUT2D eigenvalue weighted by molar-refractivity contribution is 0.0219. The Morgan fingerprint density at radius 1 is 1.13 bits per heavy atom. The van der Waals surface area contributed by atoms with Crippen LogP contribution in [0.5, 0.6) is 11.5 Å². The van der Waals surface area contributed by atoms with Gasteiger partial charge in [-0.3, -0.25) is 4.98 Å². The summed E-state index contributed by atoms with van der Waals surface area (Å²) in [7, 11) is -1.12. The standard InChI is InChI=1S/C23H28BrNO5Si/c1-5-28-21-14-18(29-15-27-10-11-31(2,3)4)13-17(22(21)24)8-6-16-7-9-19-20(12-16)30-23(26)25-19/h6-9,12-14H,5,10-11,15H2,1-4H3,(H,25,26)/b8-6+. The Morgan fingerprint density at radius 2 is 1.94 bits per heavy atom. The van der Waals surface area contributed by atoms with Crippen molar-refractivity contribution in [2.75, 3.05) is 20.0 Å². The zero-order valence-corrected chi connectivity index (χ0v) is 20.9. The summed E-state index contributed by atoms with van der Waals surface area (Å²) >= 11 is 3.62. The second kappa shape index (κ2) is 10.3. The molecule has 0 radical (unpaired) electrons. The third-order valence-electron chi connectivity index (χ3n) is 4.55. The molecule has 0 aliphatic heterocycles. The highest BCUT2D eigenvalue weighted by atomic mass is 79.9. The zero-order valence-electron chi connectivity index (χ0n) is 18.3. The summed E-state index contributed by atoms with van der Waals surface area (Å²) in [5.41, 5.74) is 3.00. The Bertz CT molecular complexity index is 1110. The molecule has 0 atom stereocenters. The first-order valence-electron chi connectivity index (χ1n) is 10.2. The SMILES string of the molecule is CCOc1cc(OCOCC[Si](C)(C)C)cc(/C=C/c2ccc3[nH]c(=O)oc3c2)c1Br. The van der Waals surface area contributed by atoms with Crippen molar-refractivity contribution in [3.8, 4) is 11.5 Å². The fourth-order valence-electron chi connectivity index (χ4n) is 2.86. The fourth-order valence-corrected chi connectivity index (χ4v) is 4.09. The van der Waals surface area contributed by atoms with Crippen LogP contribution in [0, 0.1) is 0 Å². The molecule has 1 aromatic heterocycles. The lowest BCUT2D eigenvalue weighted by atomic mass is 10.1. The quantitative estimate of drug-likeness (QED) is 0.155. The van der Waals surface area contributed by atoms with Crippen molar-refractivity contribution in [3.05, 3.63) is 56.5 Å². The highest BCUT2D eigenvalue weighted by Gasteiger charge is 2.13. The number of oxazole rings is 1. The fraction of sp³-hybridized carbons (Fsp3) is 0.348. The molecular weight excluding hydrogens is 478 g/mol. The summed E-state index contributed by atoms with van der Waals surface area (Å²) in [5, 5.41) is 0. The minimum Gasteiger partial charge on any atom is -0.493 e. The molecule has 0 saturated heterocycles. The van der Waals surface area contributed by atoms with Crippen molar-refractivity contribution >= 4 is 47.3 Å². The minimum absolute atomic E-state index is 0.198. The lowest BCUT2D eigenvalue weighted by Gasteiger charge is -2.16. The van der Waals surface area contributed by atoms with Crippen LogP contribution in [0.1, 0.15) is 18.1 Å². The van der Waals surface area contributed by atoms with Gasteiger partial charge in [-0.1, -0.05) is 37.9 Å². The second-order valence-corrected chi connectivity index (χ2v) is 14.8. The van der Waals surface area contributed by atoms with Gasteiger partial charge in [-0.25, -0.2) is 4.79 Å². The van der Waals surface area contributed by atoms with Gasteiger partial charge in [0.05, 0.1) is 16.6 Å². The maximum atomic E-state index is 11.4. The molecule has 0 aliphatic carbocycles. The summed E-state index contributed by atoms with van der Waals surface area (Å²) < 4.78 is 23.2. The molecule has 31 heavy (non-hydrogen) atoms. The van der Waals surface area contributed by atoms with E-state index in [0.717, 1.165) is 21.6 Å². The third-order valence-corrected chi connectivity index (χ3v) is 7.10. The van der Waals surface area contributed by atoms with E-state index in [2.05, 4.69) is 40.6 Å². The Kier molecular flexibility index (Phi) is 7.80. The van der Waals surface area contributed by atoms with Gasteiger partial charge in [0, 0.05) is 20.7 Å². The van der Waals surface area contributed by atoms with Crippen molar-refractivity contribution in [1.29, 1.82) is 0 Å². The smallest absolute Gasteiger partial charge is 0.417 e. The summed E-state index contributed by atoms with van der Waals surface area (Å²) in [6.45, 7) is 10.3. The van der Waals surface area contributed by atoms with Gasteiger partial charge in [0.15, 0.2) is 12.4 Å². The molecule has 0 unspecified atom stereocenters. The van der Waals surface area contributed by atoms with Crippen LogP contribution < -0.4 is 15.2 Å². The summed E-state index contributed by atoms with van der Waals surface area (Å²) in [5.74, 6) is 0.914. The van der Waals surface area contributed by atoms with Gasteiger partial charge in [0.1, 0.15) is 11.5 Å². The van der Waals surface area contributed by atoms with Crippen LogP contribution in [-0.4, -0.2) is 33.1 Å². The molecule has 0 spiro atoms. The molecule has 166 valence electrons. The number of H-pyrrole nitrogens is 1. The number of hydrogen-bond acceptors (Lipinski definition) is 5. The van der Waals surface area contributed by atoms with E-state index >= 15 is 0 Å². The van der Waals surface area contributed by atoms with Gasteiger partial charge in [0.2, 0.25) is 0 Å². The van der Waals surface area contributed by atoms with Crippen LogP contribution in [0.2, 0.25) is 25.7 Å². The summed E-state index contributed by atoms with van der Waals surface area (Å²) in [6.07, 6.45) is 3.90. The van der Waals surface area contributed by atoms with E-state index in [1.807, 2.05) is 49.4 Å². The maximum Gasteiger partial charge on any atom is 0.417 e. The summed E-state index contributed by atoms with van der Waals surface area (Å²) in [4.78, 5) is 14.0. The monoisotopic (exact) mass is 505 g/mol. The Morgan fingerprint density at radius 3 is 2.68 bits per heavy atom. The number of halogens is 1. The van der Waals surface area contributed by atoms with Crippen molar-refractivity contribution < 1.29 is 18.6 Å². The van der Waals surface area contributed by atoms with E-state index in [1.54, 1.807) is 0 Å². The van der Waals surface area contributed by atoms with Crippen molar-refractivity contribution in [3.63, 3.8) is 0 Å². The molecule has 6 nitrogen and oxygen atoms in total. The molecule has 3 rings (SSSR count). The number of aromatic amines is 1. The second-order valence-electron chi connectivity index (χ2n) is 8.34. The van der Waals surface area contributed by atoms with Crippen molar-refractivity contribution in [2.24, 2.45) is 0 Å². The predicted molar refractivity (Wildman–Crippen MR) is 131 cm³/mol. The molecule has 0 bridgehead atoms. The normalized spacial score (nSPS) is 12.0. The number of rotatable bonds is 10. The average molecular weight is 506 g/mol. The van der Waals surface area contributed by atoms with E-state index in [4.69, 9.17) is 18.6 Å². The van der Waals surface area contributed by atoms with E-state index < -0.39 is 13.8 Å². The molecule has 0 saturated carbocycles. The Balaban J connectivity index is 1.75. The van der Waals surface area contributed by atoms with Crippen LogP contribution in [0.3, 0.4) is 0 Å². The molecule has 1 heterocycles. The minimum atomic E-state index is -1.12. The molecular formula is C23H28BrNO5Si. The van der Waals surface area contributed by atoms with Crippen LogP contribution in [0.25, 0.3) is 23.3 Å². The lowest BCUT2D eigenvalue weighted by Crippen LogP contribution is -2.22. The maximum absolute atomic E-state index is 11.4. The molecule has 0 aliphatic rings. The summed E-state index contributed by atoms with van der Waals surface area (Å²) in [6, 6.07) is 10.4. The number of benzene rings is 2. The third kappa shape index (κ3) is 6.85. The van der Waals surface area contributed by atoms with E-state index in [9.17, 15) is 4.79 Å². The van der Waals surface area contributed by atoms with Gasteiger partial charge in [-0.2, -0.15) is 0 Å². The van der Waals surface area contributed by atoms with Gasteiger partial charge in [-0.15, -0.1) is 0 Å². The highest BCUT2D eigenvalue weighted by Crippen LogP contribution is 2.35. The first kappa shape index (κ1) is 23.4. The molecule has 3 aromatic rings. The molecule has 8 heteroatoms. The van der Waals surface area contributed by atoms with Crippen LogP contribution >= 0.6 is 15.9 Å². The largest absolute Gasteiger partial charge is 0.493 e. The first-order chi connectivity index (χ1) is 14.7. The first-order valence-corrected chi connectivity index (χ1v) is 14.7. The predicted octanol–water partition coefficient (Wildman–Crippen LogP) is 6.14. The highest BCUT2D eigenvalue weighted by molar-refractivity contribution is 9.10. The number of hydrogen-bond donors (Lipinski definition) is 1. The average Bonchev–Trinajstić information content (AvgIpc) is 3.07. The van der Waals surface area contributed by atoms with Gasteiger partial charge in [-0.05, 0) is 58.2 Å². The van der Waals surface area contributed by atoms with Crippen molar-refractivity contribution in [1.82, 2.24) is 4.98 Å². The molecule has 0 fully saturated rings.